The Labute approximate surface area is 155 Å². The van der Waals surface area contributed by atoms with Crippen LogP contribution in [-0.2, 0) is 16.6 Å². The number of aryl methyl sites for hydroxylation is 2. The summed E-state index contributed by atoms with van der Waals surface area (Å²) < 4.78 is 27.2. The summed E-state index contributed by atoms with van der Waals surface area (Å²) in [5.74, 6) is -1.22. The molecule has 0 aliphatic rings. The van der Waals surface area contributed by atoms with Gasteiger partial charge in [-0.05, 0) is 66.8 Å². The van der Waals surface area contributed by atoms with Crippen molar-refractivity contribution in [2.45, 2.75) is 25.3 Å². The number of rotatable bonds is 5. The van der Waals surface area contributed by atoms with E-state index in [0.29, 0.717) is 5.52 Å². The highest BCUT2D eigenvalue weighted by atomic mass is 32.2. The van der Waals surface area contributed by atoms with Crippen molar-refractivity contribution in [1.82, 2.24) is 9.71 Å². The summed E-state index contributed by atoms with van der Waals surface area (Å²) in [6, 6.07) is 10.5. The maximum absolute atomic E-state index is 12.4. The lowest BCUT2D eigenvalue weighted by Gasteiger charge is -2.09. The van der Waals surface area contributed by atoms with Crippen molar-refractivity contribution in [2.24, 2.45) is 0 Å². The summed E-state index contributed by atoms with van der Waals surface area (Å²) >= 11 is 0. The molecule has 3 N–H and O–H groups in total. The SMILES string of the molecule is Cc1cc2cc(CNS(=O)(=O)c3cccc(C(=O)O)c3)c(=O)[nH]c2cc1C. The molecule has 140 valence electrons. The van der Waals surface area contributed by atoms with Gasteiger partial charge in [0.15, 0.2) is 0 Å². The molecular formula is C19H18N2O5S. The van der Waals surface area contributed by atoms with E-state index in [-0.39, 0.29) is 28.1 Å². The molecule has 2 aromatic carbocycles. The summed E-state index contributed by atoms with van der Waals surface area (Å²) in [6.45, 7) is 3.69. The third-order valence-electron chi connectivity index (χ3n) is 4.38. The van der Waals surface area contributed by atoms with E-state index < -0.39 is 16.0 Å². The van der Waals surface area contributed by atoms with Gasteiger partial charge in [0.1, 0.15) is 0 Å². The zero-order valence-corrected chi connectivity index (χ0v) is 15.6. The summed E-state index contributed by atoms with van der Waals surface area (Å²) in [6.07, 6.45) is 0. The molecule has 0 saturated carbocycles. The van der Waals surface area contributed by atoms with Crippen molar-refractivity contribution in [3.63, 3.8) is 0 Å². The molecule has 0 radical (unpaired) electrons. The summed E-state index contributed by atoms with van der Waals surface area (Å²) in [4.78, 5) is 25.9. The Morgan fingerprint density at radius 1 is 1.11 bits per heavy atom. The van der Waals surface area contributed by atoms with Crippen LogP contribution >= 0.6 is 0 Å². The largest absolute Gasteiger partial charge is 0.478 e. The molecule has 0 bridgehead atoms. The van der Waals surface area contributed by atoms with E-state index in [9.17, 15) is 18.0 Å². The van der Waals surface area contributed by atoms with E-state index in [2.05, 4.69) is 9.71 Å². The van der Waals surface area contributed by atoms with Gasteiger partial charge >= 0.3 is 5.97 Å². The standard InChI is InChI=1S/C19H18N2O5S/c1-11-6-14-8-15(18(22)21-17(14)7-12(11)2)10-20-27(25,26)16-5-3-4-13(9-16)19(23)24/h3-9,20H,10H2,1-2H3,(H,21,22)(H,23,24). The van der Waals surface area contributed by atoms with Gasteiger partial charge in [0.25, 0.3) is 5.56 Å². The molecule has 27 heavy (non-hydrogen) atoms. The first kappa shape index (κ1) is 18.8. The van der Waals surface area contributed by atoms with E-state index >= 15 is 0 Å². The first-order chi connectivity index (χ1) is 12.7. The number of carboxylic acid groups (broad SMARTS) is 1. The van der Waals surface area contributed by atoms with Crippen molar-refractivity contribution >= 4 is 26.9 Å². The number of carbonyl (C=O) groups is 1. The average Bonchev–Trinajstić information content (AvgIpc) is 2.62. The number of H-pyrrole nitrogens is 1. The second kappa shape index (κ2) is 6.98. The number of aromatic amines is 1. The lowest BCUT2D eigenvalue weighted by atomic mass is 10.1. The van der Waals surface area contributed by atoms with Crippen LogP contribution in [-0.4, -0.2) is 24.5 Å². The fourth-order valence-corrected chi connectivity index (χ4v) is 3.76. The molecule has 3 aromatic rings. The number of benzene rings is 2. The van der Waals surface area contributed by atoms with Crippen LogP contribution in [0.2, 0.25) is 0 Å². The Balaban J connectivity index is 1.90. The minimum Gasteiger partial charge on any atom is -0.478 e. The smallest absolute Gasteiger partial charge is 0.335 e. The van der Waals surface area contributed by atoms with E-state index in [1.807, 2.05) is 26.0 Å². The number of hydrogen-bond donors (Lipinski definition) is 3. The molecule has 0 saturated heterocycles. The maximum atomic E-state index is 12.4. The molecule has 3 rings (SSSR count). The Morgan fingerprint density at radius 2 is 1.81 bits per heavy atom. The van der Waals surface area contributed by atoms with Crippen LogP contribution in [0.15, 0.2) is 52.2 Å². The lowest BCUT2D eigenvalue weighted by molar-refractivity contribution is 0.0696. The summed E-state index contributed by atoms with van der Waals surface area (Å²) in [7, 11) is -3.97. The number of pyridine rings is 1. The molecule has 7 nitrogen and oxygen atoms in total. The van der Waals surface area contributed by atoms with Crippen LogP contribution in [0.4, 0.5) is 0 Å². The summed E-state index contributed by atoms with van der Waals surface area (Å²) in [5, 5.41) is 9.81. The van der Waals surface area contributed by atoms with E-state index in [1.54, 1.807) is 6.07 Å². The molecule has 1 aromatic heterocycles. The van der Waals surface area contributed by atoms with Crippen LogP contribution in [0.25, 0.3) is 10.9 Å². The van der Waals surface area contributed by atoms with Gasteiger partial charge in [-0.25, -0.2) is 17.9 Å². The fourth-order valence-electron chi connectivity index (χ4n) is 2.71. The Morgan fingerprint density at radius 3 is 2.52 bits per heavy atom. The van der Waals surface area contributed by atoms with Crippen molar-refractivity contribution in [1.29, 1.82) is 0 Å². The topological polar surface area (TPSA) is 116 Å². The molecule has 0 aliphatic carbocycles. The van der Waals surface area contributed by atoms with Gasteiger partial charge in [0, 0.05) is 17.6 Å². The monoisotopic (exact) mass is 386 g/mol. The minimum atomic E-state index is -3.97. The highest BCUT2D eigenvalue weighted by molar-refractivity contribution is 7.89. The number of hydrogen-bond acceptors (Lipinski definition) is 4. The van der Waals surface area contributed by atoms with E-state index in [0.717, 1.165) is 22.6 Å². The van der Waals surface area contributed by atoms with Crippen molar-refractivity contribution in [3.05, 3.63) is 75.1 Å². The molecule has 0 aliphatic heterocycles. The second-order valence-electron chi connectivity index (χ2n) is 6.30. The lowest BCUT2D eigenvalue weighted by Crippen LogP contribution is -2.27. The number of sulfonamides is 1. The van der Waals surface area contributed by atoms with Gasteiger partial charge < -0.3 is 10.1 Å². The maximum Gasteiger partial charge on any atom is 0.335 e. The number of aromatic carboxylic acids is 1. The van der Waals surface area contributed by atoms with Gasteiger partial charge in [-0.15, -0.1) is 0 Å². The highest BCUT2D eigenvalue weighted by Gasteiger charge is 2.17. The number of nitrogens with one attached hydrogen (secondary N) is 2. The van der Waals surface area contributed by atoms with Gasteiger partial charge in [0.2, 0.25) is 10.0 Å². The first-order valence-corrected chi connectivity index (χ1v) is 9.62. The van der Waals surface area contributed by atoms with Crippen molar-refractivity contribution in [2.75, 3.05) is 0 Å². The number of fused-ring (bicyclic) bond motifs is 1. The van der Waals surface area contributed by atoms with Gasteiger partial charge in [0.05, 0.1) is 10.5 Å². The molecule has 0 unspecified atom stereocenters. The third kappa shape index (κ3) is 3.91. The van der Waals surface area contributed by atoms with Crippen LogP contribution < -0.4 is 10.3 Å². The fraction of sp³-hybridized carbons (Fsp3) is 0.158. The van der Waals surface area contributed by atoms with Crippen LogP contribution in [0.3, 0.4) is 0 Å². The van der Waals surface area contributed by atoms with E-state index in [1.165, 1.54) is 18.2 Å². The molecular weight excluding hydrogens is 368 g/mol. The quantitative estimate of drug-likeness (QED) is 0.622. The molecule has 0 amide bonds. The number of carboxylic acids is 1. The predicted octanol–water partition coefficient (Wildman–Crippen LogP) is 2.32. The van der Waals surface area contributed by atoms with Crippen LogP contribution in [0.1, 0.15) is 27.0 Å². The Hall–Kier alpha value is -2.97. The zero-order valence-electron chi connectivity index (χ0n) is 14.7. The molecule has 8 heteroatoms. The first-order valence-electron chi connectivity index (χ1n) is 8.13. The van der Waals surface area contributed by atoms with Crippen LogP contribution in [0.5, 0.6) is 0 Å². The zero-order chi connectivity index (χ0) is 19.8. The van der Waals surface area contributed by atoms with Crippen LogP contribution in [0, 0.1) is 13.8 Å². The van der Waals surface area contributed by atoms with Crippen molar-refractivity contribution in [3.8, 4) is 0 Å². The molecule has 0 fully saturated rings. The molecule has 0 spiro atoms. The van der Waals surface area contributed by atoms with E-state index in [4.69, 9.17) is 5.11 Å². The second-order valence-corrected chi connectivity index (χ2v) is 8.07. The normalized spacial score (nSPS) is 11.6. The number of aromatic nitrogens is 1. The molecule has 1 heterocycles. The van der Waals surface area contributed by atoms with Gasteiger partial charge in [-0.2, -0.15) is 0 Å². The van der Waals surface area contributed by atoms with Gasteiger partial charge in [-0.1, -0.05) is 6.07 Å². The third-order valence-corrected chi connectivity index (χ3v) is 5.78. The van der Waals surface area contributed by atoms with Gasteiger partial charge in [-0.3, -0.25) is 4.79 Å². The minimum absolute atomic E-state index is 0.132. The average molecular weight is 386 g/mol. The Bertz CT molecular complexity index is 1210. The predicted molar refractivity (Wildman–Crippen MR) is 101 cm³/mol. The summed E-state index contributed by atoms with van der Waals surface area (Å²) in [5.41, 5.74) is 2.55. The highest BCUT2D eigenvalue weighted by Crippen LogP contribution is 2.18. The molecule has 0 atom stereocenters. The Kier molecular flexibility index (Phi) is 4.86. The van der Waals surface area contributed by atoms with Crippen molar-refractivity contribution < 1.29 is 18.3 Å².